The monoisotopic (exact) mass is 286 g/mol. The van der Waals surface area contributed by atoms with Crippen LogP contribution in [0.25, 0.3) is 0 Å². The molecule has 0 aliphatic carbocycles. The van der Waals surface area contributed by atoms with Crippen LogP contribution >= 0.6 is 0 Å². The van der Waals surface area contributed by atoms with Gasteiger partial charge in [0.2, 0.25) is 0 Å². The van der Waals surface area contributed by atoms with Crippen LogP contribution in [0.2, 0.25) is 0 Å². The van der Waals surface area contributed by atoms with Crippen LogP contribution in [0, 0.1) is 0 Å². The fourth-order valence-electron chi connectivity index (χ4n) is 2.23. The Balaban J connectivity index is 2.18. The highest BCUT2D eigenvalue weighted by atomic mass is 16.5. The van der Waals surface area contributed by atoms with E-state index in [-0.39, 0.29) is 11.2 Å². The summed E-state index contributed by atoms with van der Waals surface area (Å²) < 4.78 is 5.47. The lowest BCUT2D eigenvalue weighted by molar-refractivity contribution is 0.122. The van der Waals surface area contributed by atoms with Crippen LogP contribution in [0.15, 0.2) is 48.5 Å². The molecule has 2 rings (SSSR count). The summed E-state index contributed by atoms with van der Waals surface area (Å²) in [5.74, 6) is 1.03. The van der Waals surface area contributed by atoms with Gasteiger partial charge in [0.25, 0.3) is 0 Å². The molecule has 0 heterocycles. The van der Waals surface area contributed by atoms with E-state index in [1.807, 2.05) is 36.4 Å². The molecule has 1 atom stereocenters. The molecular weight excluding hydrogens is 264 g/mol. The fraction of sp³-hybridized carbons (Fsp3) is 0.333. The number of phenols is 1. The molecule has 3 heteroatoms. The van der Waals surface area contributed by atoms with E-state index < -0.39 is 6.10 Å². The molecule has 21 heavy (non-hydrogen) atoms. The number of hydrogen-bond acceptors (Lipinski definition) is 3. The third-order valence-electron chi connectivity index (χ3n) is 3.66. The van der Waals surface area contributed by atoms with Gasteiger partial charge in [-0.3, -0.25) is 0 Å². The number of phenolic OH excluding ortho intramolecular Hbond substituents is 1. The van der Waals surface area contributed by atoms with Gasteiger partial charge in [-0.1, -0.05) is 38.1 Å². The third-order valence-corrected chi connectivity index (χ3v) is 3.66. The molecular formula is C18H22O3. The summed E-state index contributed by atoms with van der Waals surface area (Å²) in [5.41, 5.74) is 2.15. The second-order valence-electron chi connectivity index (χ2n) is 5.86. The molecule has 0 amide bonds. The molecule has 0 saturated carbocycles. The number of hydrogen-bond donors (Lipinski definition) is 2. The lowest BCUT2D eigenvalue weighted by atomic mass is 9.78. The maximum Gasteiger partial charge on any atom is 0.119 e. The van der Waals surface area contributed by atoms with Crippen LogP contribution < -0.4 is 4.74 Å². The normalized spacial score (nSPS) is 13.0. The van der Waals surface area contributed by atoms with Crippen molar-refractivity contribution in [2.24, 2.45) is 0 Å². The van der Waals surface area contributed by atoms with Crippen LogP contribution in [0.4, 0.5) is 0 Å². The van der Waals surface area contributed by atoms with Crippen molar-refractivity contribution in [3.8, 4) is 11.5 Å². The average molecular weight is 286 g/mol. The van der Waals surface area contributed by atoms with Gasteiger partial charge in [-0.25, -0.2) is 0 Å². The van der Waals surface area contributed by atoms with Gasteiger partial charge in [0.05, 0.1) is 6.10 Å². The summed E-state index contributed by atoms with van der Waals surface area (Å²) in [5, 5.41) is 18.6. The Morgan fingerprint density at radius 1 is 0.952 bits per heavy atom. The second-order valence-corrected chi connectivity index (χ2v) is 5.86. The van der Waals surface area contributed by atoms with Crippen LogP contribution in [0.3, 0.4) is 0 Å². The number of aliphatic hydroxyl groups excluding tert-OH is 1. The Bertz CT molecular complexity index is 568. The summed E-state index contributed by atoms with van der Waals surface area (Å²) in [4.78, 5) is 0. The first-order valence-corrected chi connectivity index (χ1v) is 7.10. The standard InChI is InChI=1S/C18H22O3/c1-13(19)12-21-17-10-6-15(7-11-17)18(2,3)14-4-8-16(20)9-5-14/h4-11,13,19-20H,12H2,1-3H3. The zero-order valence-corrected chi connectivity index (χ0v) is 12.7. The Morgan fingerprint density at radius 2 is 1.43 bits per heavy atom. The largest absolute Gasteiger partial charge is 0.508 e. The predicted molar refractivity (Wildman–Crippen MR) is 83.9 cm³/mol. The predicted octanol–water partition coefficient (Wildman–Crippen LogP) is 3.48. The van der Waals surface area contributed by atoms with Crippen molar-refractivity contribution in [2.75, 3.05) is 6.61 Å². The highest BCUT2D eigenvalue weighted by Gasteiger charge is 2.22. The van der Waals surface area contributed by atoms with Gasteiger partial charge in [-0.15, -0.1) is 0 Å². The van der Waals surface area contributed by atoms with E-state index in [1.165, 1.54) is 0 Å². The van der Waals surface area contributed by atoms with E-state index >= 15 is 0 Å². The van der Waals surface area contributed by atoms with E-state index in [4.69, 9.17) is 4.74 Å². The molecule has 0 aliphatic rings. The first-order valence-electron chi connectivity index (χ1n) is 7.10. The lowest BCUT2D eigenvalue weighted by Gasteiger charge is -2.26. The molecule has 1 unspecified atom stereocenters. The molecule has 0 saturated heterocycles. The highest BCUT2D eigenvalue weighted by Crippen LogP contribution is 2.33. The van der Waals surface area contributed by atoms with Crippen molar-refractivity contribution >= 4 is 0 Å². The molecule has 2 N–H and O–H groups in total. The molecule has 0 bridgehead atoms. The molecule has 0 spiro atoms. The molecule has 0 fully saturated rings. The third kappa shape index (κ3) is 3.76. The van der Waals surface area contributed by atoms with Gasteiger partial charge in [0.15, 0.2) is 0 Å². The van der Waals surface area contributed by atoms with Gasteiger partial charge in [-0.2, -0.15) is 0 Å². The first kappa shape index (κ1) is 15.4. The summed E-state index contributed by atoms with van der Waals surface area (Å²) in [6.07, 6.45) is -0.474. The van der Waals surface area contributed by atoms with Crippen LogP contribution in [0.5, 0.6) is 11.5 Å². The lowest BCUT2D eigenvalue weighted by Crippen LogP contribution is -2.18. The smallest absolute Gasteiger partial charge is 0.119 e. The van der Waals surface area contributed by atoms with Gasteiger partial charge in [-0.05, 0) is 42.3 Å². The minimum absolute atomic E-state index is 0.156. The van der Waals surface area contributed by atoms with E-state index in [1.54, 1.807) is 19.1 Å². The van der Waals surface area contributed by atoms with Crippen molar-refractivity contribution < 1.29 is 14.9 Å². The molecule has 3 nitrogen and oxygen atoms in total. The molecule has 2 aromatic carbocycles. The maximum absolute atomic E-state index is 9.40. The topological polar surface area (TPSA) is 49.7 Å². The Labute approximate surface area is 125 Å². The minimum atomic E-state index is -0.474. The van der Waals surface area contributed by atoms with Gasteiger partial charge in [0, 0.05) is 5.41 Å². The summed E-state index contributed by atoms with van der Waals surface area (Å²) in [6, 6.07) is 15.2. The number of aromatic hydroxyl groups is 1. The van der Waals surface area contributed by atoms with Gasteiger partial charge in [0.1, 0.15) is 18.1 Å². The molecule has 2 aromatic rings. The molecule has 0 aromatic heterocycles. The number of benzene rings is 2. The van der Waals surface area contributed by atoms with Crippen molar-refractivity contribution in [3.05, 3.63) is 59.7 Å². The van der Waals surface area contributed by atoms with Gasteiger partial charge >= 0.3 is 0 Å². The van der Waals surface area contributed by atoms with Gasteiger partial charge < -0.3 is 14.9 Å². The average Bonchev–Trinajstić information content (AvgIpc) is 2.46. The van der Waals surface area contributed by atoms with E-state index in [0.29, 0.717) is 6.61 Å². The Kier molecular flexibility index (Phi) is 4.53. The van der Waals surface area contributed by atoms with Crippen LogP contribution in [-0.2, 0) is 5.41 Å². The quantitative estimate of drug-likeness (QED) is 0.884. The first-order chi connectivity index (χ1) is 9.89. The minimum Gasteiger partial charge on any atom is -0.508 e. The maximum atomic E-state index is 9.40. The summed E-state index contributed by atoms with van der Waals surface area (Å²) in [6.45, 7) is 6.28. The zero-order chi connectivity index (χ0) is 15.5. The van der Waals surface area contributed by atoms with Crippen LogP contribution in [0.1, 0.15) is 31.9 Å². The SMILES string of the molecule is CC(O)COc1ccc(C(C)(C)c2ccc(O)cc2)cc1. The van der Waals surface area contributed by atoms with Crippen LogP contribution in [-0.4, -0.2) is 22.9 Å². The summed E-state index contributed by atoms with van der Waals surface area (Å²) in [7, 11) is 0. The number of aliphatic hydroxyl groups is 1. The van der Waals surface area contributed by atoms with Crippen molar-refractivity contribution in [1.29, 1.82) is 0 Å². The molecule has 0 aliphatic heterocycles. The van der Waals surface area contributed by atoms with E-state index in [2.05, 4.69) is 13.8 Å². The number of rotatable bonds is 5. The van der Waals surface area contributed by atoms with Crippen molar-refractivity contribution in [3.63, 3.8) is 0 Å². The number of ether oxygens (including phenoxy) is 1. The molecule has 112 valence electrons. The van der Waals surface area contributed by atoms with E-state index in [9.17, 15) is 10.2 Å². The van der Waals surface area contributed by atoms with Crippen molar-refractivity contribution in [2.45, 2.75) is 32.3 Å². The Morgan fingerprint density at radius 3 is 1.90 bits per heavy atom. The van der Waals surface area contributed by atoms with E-state index in [0.717, 1.165) is 16.9 Å². The Hall–Kier alpha value is -2.00. The second kappa shape index (κ2) is 6.19. The fourth-order valence-corrected chi connectivity index (χ4v) is 2.23. The zero-order valence-electron chi connectivity index (χ0n) is 12.7. The van der Waals surface area contributed by atoms with Crippen molar-refractivity contribution in [1.82, 2.24) is 0 Å². The molecule has 0 radical (unpaired) electrons. The summed E-state index contributed by atoms with van der Waals surface area (Å²) >= 11 is 0. The highest BCUT2D eigenvalue weighted by molar-refractivity contribution is 5.41.